The van der Waals surface area contributed by atoms with Gasteiger partial charge in [0.25, 0.3) is 0 Å². The Kier molecular flexibility index (Phi) is 4.75. The molecule has 0 amide bonds. The summed E-state index contributed by atoms with van der Waals surface area (Å²) < 4.78 is 4.88. The van der Waals surface area contributed by atoms with Gasteiger partial charge in [-0.1, -0.05) is 11.6 Å². The zero-order valence-corrected chi connectivity index (χ0v) is 12.0. The number of hydrogen-bond donors (Lipinski definition) is 1. The second kappa shape index (κ2) is 6.73. The van der Waals surface area contributed by atoms with Gasteiger partial charge in [-0.25, -0.2) is 9.78 Å². The molecule has 0 radical (unpaired) electrons. The van der Waals surface area contributed by atoms with Crippen molar-refractivity contribution < 1.29 is 9.53 Å². The van der Waals surface area contributed by atoms with Crippen LogP contribution in [-0.4, -0.2) is 17.6 Å². The van der Waals surface area contributed by atoms with Gasteiger partial charge in [-0.05, 0) is 37.3 Å². The summed E-state index contributed by atoms with van der Waals surface area (Å²) in [5, 5.41) is 12.4. The zero-order chi connectivity index (χ0) is 15.2. The van der Waals surface area contributed by atoms with Crippen molar-refractivity contribution in [2.45, 2.75) is 6.92 Å². The minimum absolute atomic E-state index is 0.315. The number of carbonyl (C=O) groups excluding carboxylic acids is 1. The van der Waals surface area contributed by atoms with Crippen LogP contribution in [0.4, 0.5) is 11.5 Å². The van der Waals surface area contributed by atoms with Crippen molar-refractivity contribution in [3.05, 3.63) is 52.7 Å². The highest BCUT2D eigenvalue weighted by Crippen LogP contribution is 2.25. The van der Waals surface area contributed by atoms with Crippen LogP contribution in [0.2, 0.25) is 5.02 Å². The Morgan fingerprint density at radius 1 is 1.43 bits per heavy atom. The fourth-order valence-corrected chi connectivity index (χ4v) is 1.80. The molecule has 1 aromatic heterocycles. The maximum Gasteiger partial charge on any atom is 0.339 e. The fraction of sp³-hybridized carbons (Fsp3) is 0.133. The molecule has 1 heterocycles. The van der Waals surface area contributed by atoms with Crippen LogP contribution in [0.15, 0.2) is 36.5 Å². The lowest BCUT2D eigenvalue weighted by molar-refractivity contribution is 0.0526. The van der Waals surface area contributed by atoms with Crippen LogP contribution >= 0.6 is 11.6 Å². The van der Waals surface area contributed by atoms with E-state index in [1.807, 2.05) is 6.07 Å². The minimum atomic E-state index is -0.416. The lowest BCUT2D eigenvalue weighted by atomic mass is 10.2. The number of carbonyl (C=O) groups is 1. The standard InChI is InChI=1S/C15H12ClN3O2/c1-2-21-15(20)11-4-6-14(18-9-11)19-13-7-10(8-17)3-5-12(13)16/h3-7,9H,2H2,1H3,(H,18,19). The molecule has 0 saturated carbocycles. The summed E-state index contributed by atoms with van der Waals surface area (Å²) in [6, 6.07) is 10.2. The molecule has 0 spiro atoms. The van der Waals surface area contributed by atoms with E-state index in [0.717, 1.165) is 0 Å². The number of hydrogen-bond acceptors (Lipinski definition) is 5. The van der Waals surface area contributed by atoms with Crippen molar-refractivity contribution >= 4 is 29.1 Å². The van der Waals surface area contributed by atoms with E-state index < -0.39 is 5.97 Å². The van der Waals surface area contributed by atoms with E-state index >= 15 is 0 Å². The largest absolute Gasteiger partial charge is 0.462 e. The summed E-state index contributed by atoms with van der Waals surface area (Å²) in [4.78, 5) is 15.6. The number of nitrogens with zero attached hydrogens (tertiary/aromatic N) is 2. The SMILES string of the molecule is CCOC(=O)c1ccc(Nc2cc(C#N)ccc2Cl)nc1. The maximum absolute atomic E-state index is 11.5. The van der Waals surface area contributed by atoms with Crippen LogP contribution in [0.5, 0.6) is 0 Å². The number of pyridine rings is 1. The lowest BCUT2D eigenvalue weighted by Gasteiger charge is -2.08. The molecule has 2 rings (SSSR count). The first-order valence-electron chi connectivity index (χ1n) is 6.24. The smallest absolute Gasteiger partial charge is 0.339 e. The predicted molar refractivity (Wildman–Crippen MR) is 79.6 cm³/mol. The Balaban J connectivity index is 2.17. The molecule has 1 aromatic carbocycles. The maximum atomic E-state index is 11.5. The third kappa shape index (κ3) is 3.71. The Morgan fingerprint density at radius 2 is 2.24 bits per heavy atom. The number of anilines is 2. The molecule has 0 aliphatic carbocycles. The predicted octanol–water partition coefficient (Wildman–Crippen LogP) is 3.53. The van der Waals surface area contributed by atoms with Crippen molar-refractivity contribution in [1.29, 1.82) is 5.26 Å². The van der Waals surface area contributed by atoms with E-state index in [-0.39, 0.29) is 0 Å². The van der Waals surface area contributed by atoms with E-state index in [0.29, 0.717) is 34.3 Å². The van der Waals surface area contributed by atoms with Crippen molar-refractivity contribution in [1.82, 2.24) is 4.98 Å². The molecule has 0 aliphatic rings. The van der Waals surface area contributed by atoms with Crippen molar-refractivity contribution in [3.63, 3.8) is 0 Å². The van der Waals surface area contributed by atoms with E-state index in [2.05, 4.69) is 10.3 Å². The molecule has 0 bridgehead atoms. The average molecular weight is 302 g/mol. The Morgan fingerprint density at radius 3 is 2.86 bits per heavy atom. The van der Waals surface area contributed by atoms with Gasteiger partial charge in [-0.15, -0.1) is 0 Å². The average Bonchev–Trinajstić information content (AvgIpc) is 2.50. The van der Waals surface area contributed by atoms with Gasteiger partial charge >= 0.3 is 5.97 Å². The number of ether oxygens (including phenoxy) is 1. The molecule has 0 unspecified atom stereocenters. The summed E-state index contributed by atoms with van der Waals surface area (Å²) >= 11 is 6.05. The molecule has 2 aromatic rings. The van der Waals surface area contributed by atoms with Gasteiger partial charge in [-0.3, -0.25) is 0 Å². The van der Waals surface area contributed by atoms with Crippen LogP contribution in [-0.2, 0) is 4.74 Å². The molecule has 21 heavy (non-hydrogen) atoms. The first-order chi connectivity index (χ1) is 10.1. The number of aromatic nitrogens is 1. The molecular formula is C15H12ClN3O2. The van der Waals surface area contributed by atoms with Crippen LogP contribution < -0.4 is 5.32 Å². The van der Waals surface area contributed by atoms with E-state index in [4.69, 9.17) is 21.6 Å². The molecule has 5 nitrogen and oxygen atoms in total. The normalized spacial score (nSPS) is 9.76. The Hall–Kier alpha value is -2.58. The Bertz CT molecular complexity index is 693. The third-order valence-electron chi connectivity index (χ3n) is 2.63. The van der Waals surface area contributed by atoms with E-state index in [9.17, 15) is 4.79 Å². The van der Waals surface area contributed by atoms with Crippen LogP contribution in [0.25, 0.3) is 0 Å². The molecule has 6 heteroatoms. The summed E-state index contributed by atoms with van der Waals surface area (Å²) in [5.41, 5.74) is 1.44. The summed E-state index contributed by atoms with van der Waals surface area (Å²) in [7, 11) is 0. The first-order valence-corrected chi connectivity index (χ1v) is 6.61. The number of esters is 1. The Labute approximate surface area is 127 Å². The number of rotatable bonds is 4. The number of nitrogens with one attached hydrogen (secondary N) is 1. The fourth-order valence-electron chi connectivity index (χ4n) is 1.63. The second-order valence-electron chi connectivity index (χ2n) is 4.08. The molecule has 0 atom stereocenters. The van der Waals surface area contributed by atoms with Gasteiger partial charge in [0.1, 0.15) is 5.82 Å². The lowest BCUT2D eigenvalue weighted by Crippen LogP contribution is -2.05. The van der Waals surface area contributed by atoms with Gasteiger partial charge in [0.05, 0.1) is 34.5 Å². The monoisotopic (exact) mass is 301 g/mol. The van der Waals surface area contributed by atoms with Gasteiger partial charge in [-0.2, -0.15) is 5.26 Å². The molecule has 0 fully saturated rings. The highest BCUT2D eigenvalue weighted by atomic mass is 35.5. The molecular weight excluding hydrogens is 290 g/mol. The highest BCUT2D eigenvalue weighted by molar-refractivity contribution is 6.33. The summed E-state index contributed by atoms with van der Waals surface area (Å²) in [6.07, 6.45) is 1.42. The zero-order valence-electron chi connectivity index (χ0n) is 11.3. The summed E-state index contributed by atoms with van der Waals surface area (Å²) in [5.74, 6) is 0.0982. The second-order valence-corrected chi connectivity index (χ2v) is 4.49. The van der Waals surface area contributed by atoms with Crippen LogP contribution in [0, 0.1) is 11.3 Å². The van der Waals surface area contributed by atoms with Gasteiger partial charge in [0, 0.05) is 6.20 Å². The molecule has 106 valence electrons. The number of halogens is 1. The molecule has 0 aliphatic heterocycles. The van der Waals surface area contributed by atoms with E-state index in [1.54, 1.807) is 37.3 Å². The van der Waals surface area contributed by atoms with Crippen LogP contribution in [0.1, 0.15) is 22.8 Å². The third-order valence-corrected chi connectivity index (χ3v) is 2.96. The topological polar surface area (TPSA) is 75.0 Å². The number of benzene rings is 1. The van der Waals surface area contributed by atoms with Gasteiger partial charge in [0.15, 0.2) is 0 Å². The van der Waals surface area contributed by atoms with E-state index in [1.165, 1.54) is 6.20 Å². The van der Waals surface area contributed by atoms with Crippen LogP contribution in [0.3, 0.4) is 0 Å². The molecule has 0 saturated heterocycles. The first kappa shape index (κ1) is 14.8. The molecule has 1 N–H and O–H groups in total. The number of nitriles is 1. The van der Waals surface area contributed by atoms with Crippen molar-refractivity contribution in [2.75, 3.05) is 11.9 Å². The van der Waals surface area contributed by atoms with Gasteiger partial charge in [0.2, 0.25) is 0 Å². The highest BCUT2D eigenvalue weighted by Gasteiger charge is 2.08. The quantitative estimate of drug-likeness (QED) is 0.874. The van der Waals surface area contributed by atoms with Crippen molar-refractivity contribution in [2.24, 2.45) is 0 Å². The minimum Gasteiger partial charge on any atom is -0.462 e. The van der Waals surface area contributed by atoms with Crippen molar-refractivity contribution in [3.8, 4) is 6.07 Å². The van der Waals surface area contributed by atoms with Gasteiger partial charge < -0.3 is 10.1 Å². The summed E-state index contributed by atoms with van der Waals surface area (Å²) in [6.45, 7) is 2.06.